The predicted molar refractivity (Wildman–Crippen MR) is 127 cm³/mol. The van der Waals surface area contributed by atoms with Gasteiger partial charge in [-0.25, -0.2) is 4.39 Å². The molecule has 1 aromatic heterocycles. The van der Waals surface area contributed by atoms with E-state index in [1.807, 2.05) is 41.8 Å². The molecule has 0 unspecified atom stereocenters. The number of carbonyl (C=O) groups is 1. The molecule has 0 N–H and O–H groups in total. The van der Waals surface area contributed by atoms with Crippen molar-refractivity contribution in [2.75, 3.05) is 6.54 Å². The molecule has 0 aliphatic carbocycles. The molecule has 1 aliphatic heterocycles. The van der Waals surface area contributed by atoms with Gasteiger partial charge >= 0.3 is 0 Å². The van der Waals surface area contributed by atoms with Crippen molar-refractivity contribution in [1.82, 2.24) is 9.47 Å². The van der Waals surface area contributed by atoms with Crippen molar-refractivity contribution in [3.05, 3.63) is 104 Å². The first-order valence-electron chi connectivity index (χ1n) is 10.6. The van der Waals surface area contributed by atoms with Gasteiger partial charge in [0.25, 0.3) is 5.91 Å². The average Bonchev–Trinajstić information content (AvgIpc) is 2.78. The Balaban J connectivity index is 1.75. The molecule has 0 saturated heterocycles. The van der Waals surface area contributed by atoms with Crippen LogP contribution in [-0.4, -0.2) is 21.9 Å². The maximum Gasteiger partial charge on any atom is 0.274 e. The first kappa shape index (κ1) is 22.8. The molecule has 1 amide bonds. The van der Waals surface area contributed by atoms with Gasteiger partial charge < -0.3 is 14.2 Å². The molecule has 0 saturated carbocycles. The van der Waals surface area contributed by atoms with Crippen molar-refractivity contribution in [3.63, 3.8) is 0 Å². The number of hydrogen-bond acceptors (Lipinski definition) is 3. The summed E-state index contributed by atoms with van der Waals surface area (Å²) in [6.45, 7) is 8.86. The molecule has 2 aromatic carbocycles. The minimum atomic E-state index is -0.512. The summed E-state index contributed by atoms with van der Waals surface area (Å²) in [6, 6.07) is 13.8. The van der Waals surface area contributed by atoms with Crippen molar-refractivity contribution < 1.29 is 13.9 Å². The van der Waals surface area contributed by atoms with Gasteiger partial charge in [0, 0.05) is 30.9 Å². The summed E-state index contributed by atoms with van der Waals surface area (Å²) in [4.78, 5) is 28.6. The average molecular weight is 467 g/mol. The Bertz CT molecular complexity index is 1300. The highest BCUT2D eigenvalue weighted by Crippen LogP contribution is 2.28. The normalized spacial score (nSPS) is 13.1. The highest BCUT2D eigenvalue weighted by atomic mass is 35.5. The van der Waals surface area contributed by atoms with E-state index in [0.717, 1.165) is 5.56 Å². The van der Waals surface area contributed by atoms with Crippen LogP contribution in [0.5, 0.6) is 5.75 Å². The summed E-state index contributed by atoms with van der Waals surface area (Å²) in [5, 5.41) is 0.00223. The molecular formula is C26H24ClFN2O3. The Morgan fingerprint density at radius 1 is 1.12 bits per heavy atom. The third-order valence-electron chi connectivity index (χ3n) is 5.78. The summed E-state index contributed by atoms with van der Waals surface area (Å²) in [5.74, 6) is -0.811. The number of rotatable bonds is 6. The van der Waals surface area contributed by atoms with Crippen molar-refractivity contribution >= 4 is 23.1 Å². The first-order chi connectivity index (χ1) is 15.8. The van der Waals surface area contributed by atoms with E-state index < -0.39 is 5.82 Å². The van der Waals surface area contributed by atoms with E-state index in [9.17, 15) is 14.0 Å². The number of fused-ring (bicyclic) bond motifs is 1. The lowest BCUT2D eigenvalue weighted by Gasteiger charge is -2.33. The molecule has 0 atom stereocenters. The smallest absolute Gasteiger partial charge is 0.274 e. The lowest BCUT2D eigenvalue weighted by molar-refractivity contribution is 0.0678. The molecule has 170 valence electrons. The van der Waals surface area contributed by atoms with Crippen LogP contribution in [-0.2, 0) is 19.7 Å². The highest BCUT2D eigenvalue weighted by Gasteiger charge is 2.32. The van der Waals surface area contributed by atoms with Gasteiger partial charge in [-0.15, -0.1) is 0 Å². The van der Waals surface area contributed by atoms with Crippen LogP contribution in [0.15, 0.2) is 59.9 Å². The zero-order chi connectivity index (χ0) is 23.7. The largest absolute Gasteiger partial charge is 0.483 e. The van der Waals surface area contributed by atoms with Crippen LogP contribution in [0.2, 0.25) is 5.02 Å². The molecule has 5 nitrogen and oxygen atoms in total. The van der Waals surface area contributed by atoms with Crippen LogP contribution < -0.4 is 10.2 Å². The molecule has 1 aliphatic rings. The van der Waals surface area contributed by atoms with Gasteiger partial charge in [-0.3, -0.25) is 9.59 Å². The zero-order valence-corrected chi connectivity index (χ0v) is 19.3. The maximum atomic E-state index is 13.5. The van der Waals surface area contributed by atoms with Crippen molar-refractivity contribution in [3.8, 4) is 5.75 Å². The van der Waals surface area contributed by atoms with E-state index in [2.05, 4.69) is 6.58 Å². The van der Waals surface area contributed by atoms with Gasteiger partial charge in [0.1, 0.15) is 12.4 Å². The van der Waals surface area contributed by atoms with Crippen molar-refractivity contribution in [1.29, 1.82) is 0 Å². The molecule has 7 heteroatoms. The molecule has 4 rings (SSSR count). The van der Waals surface area contributed by atoms with Gasteiger partial charge in [-0.1, -0.05) is 54.6 Å². The second-order valence-electron chi connectivity index (χ2n) is 8.15. The number of benzene rings is 2. The maximum absolute atomic E-state index is 13.5. The lowest BCUT2D eigenvalue weighted by Crippen LogP contribution is -2.43. The van der Waals surface area contributed by atoms with Crippen LogP contribution in [0.25, 0.3) is 5.57 Å². The Hall–Kier alpha value is -3.38. The third-order valence-corrected chi connectivity index (χ3v) is 6.07. The number of nitrogens with zero attached hydrogens (tertiary/aromatic N) is 2. The van der Waals surface area contributed by atoms with E-state index in [4.69, 9.17) is 16.3 Å². The van der Waals surface area contributed by atoms with Gasteiger partial charge in [-0.2, -0.15) is 0 Å². The van der Waals surface area contributed by atoms with Gasteiger partial charge in [0.15, 0.2) is 11.4 Å². The van der Waals surface area contributed by atoms with Gasteiger partial charge in [0.2, 0.25) is 5.43 Å². The number of halogens is 2. The summed E-state index contributed by atoms with van der Waals surface area (Å²) in [5.41, 5.74) is 3.23. The second-order valence-corrected chi connectivity index (χ2v) is 8.56. The molecular weight excluding hydrogens is 443 g/mol. The van der Waals surface area contributed by atoms with E-state index >= 15 is 0 Å². The third kappa shape index (κ3) is 4.44. The Labute approximate surface area is 196 Å². The summed E-state index contributed by atoms with van der Waals surface area (Å²) in [6.07, 6.45) is 0. The fourth-order valence-corrected chi connectivity index (χ4v) is 4.35. The van der Waals surface area contributed by atoms with Gasteiger partial charge in [0.05, 0.1) is 5.02 Å². The summed E-state index contributed by atoms with van der Waals surface area (Å²) in [7, 11) is 0. The molecule has 0 fully saturated rings. The van der Waals surface area contributed by atoms with Crippen LogP contribution in [0.3, 0.4) is 0 Å². The van der Waals surface area contributed by atoms with E-state index in [-0.39, 0.29) is 41.0 Å². The second kappa shape index (κ2) is 9.24. The first-order valence-corrected chi connectivity index (χ1v) is 11.0. The quantitative estimate of drug-likeness (QED) is 0.500. The number of amides is 1. The topological polar surface area (TPSA) is 51.5 Å². The summed E-state index contributed by atoms with van der Waals surface area (Å²) < 4.78 is 21.4. The minimum absolute atomic E-state index is 0.00223. The fraction of sp³-hybridized carbons (Fsp3) is 0.231. The van der Waals surface area contributed by atoms with Crippen molar-refractivity contribution in [2.45, 2.75) is 33.5 Å². The number of allylic oxidation sites excluding steroid dienone is 1. The standard InChI is InChI=1S/C26H24ClFN2O3/c1-16(2)22-17(3)30-12-11-29(14-19-9-10-21(28)20(27)13-19)26(32)23(30)25(24(22)31)33-15-18-7-5-4-6-8-18/h4-10,13H,1,11-12,14-15H2,2-3H3. The highest BCUT2D eigenvalue weighted by molar-refractivity contribution is 6.30. The number of pyridine rings is 1. The van der Waals surface area contributed by atoms with Crippen LogP contribution in [0.4, 0.5) is 4.39 Å². The van der Waals surface area contributed by atoms with Crippen LogP contribution in [0.1, 0.15) is 39.8 Å². The summed E-state index contributed by atoms with van der Waals surface area (Å²) >= 11 is 5.91. The van der Waals surface area contributed by atoms with E-state index in [1.54, 1.807) is 17.9 Å². The van der Waals surface area contributed by atoms with Crippen LogP contribution in [0, 0.1) is 12.7 Å². The molecule has 0 radical (unpaired) electrons. The lowest BCUT2D eigenvalue weighted by atomic mass is 10.0. The number of hydrogen-bond donors (Lipinski definition) is 0. The van der Waals surface area contributed by atoms with Crippen molar-refractivity contribution in [2.24, 2.45) is 0 Å². The van der Waals surface area contributed by atoms with Crippen LogP contribution >= 0.6 is 11.6 Å². The monoisotopic (exact) mass is 466 g/mol. The molecule has 2 heterocycles. The zero-order valence-electron chi connectivity index (χ0n) is 18.5. The predicted octanol–water partition coefficient (Wildman–Crippen LogP) is 5.22. The Kier molecular flexibility index (Phi) is 6.38. The van der Waals surface area contributed by atoms with E-state index in [1.165, 1.54) is 12.1 Å². The molecule has 0 spiro atoms. The molecule has 3 aromatic rings. The SMILES string of the molecule is C=C(C)c1c(C)n2c(c(OCc3ccccc3)c1=O)C(=O)N(Cc1ccc(F)c(Cl)c1)CC2. The minimum Gasteiger partial charge on any atom is -0.483 e. The number of carbonyl (C=O) groups excluding carboxylic acids is 1. The molecule has 33 heavy (non-hydrogen) atoms. The van der Waals surface area contributed by atoms with Gasteiger partial charge in [-0.05, 0) is 42.7 Å². The van der Waals surface area contributed by atoms with E-state index in [0.29, 0.717) is 35.5 Å². The molecule has 0 bridgehead atoms. The number of aromatic nitrogens is 1. The Morgan fingerprint density at radius 3 is 2.52 bits per heavy atom. The number of ether oxygens (including phenoxy) is 1. The fourth-order valence-electron chi connectivity index (χ4n) is 4.15. The Morgan fingerprint density at radius 2 is 1.85 bits per heavy atom.